The van der Waals surface area contributed by atoms with Gasteiger partial charge in [-0.1, -0.05) is 35.9 Å². The van der Waals surface area contributed by atoms with Crippen LogP contribution < -0.4 is 10.1 Å². The van der Waals surface area contributed by atoms with Gasteiger partial charge in [-0.15, -0.1) is 0 Å². The van der Waals surface area contributed by atoms with Crippen LogP contribution >= 0.6 is 11.6 Å². The summed E-state index contributed by atoms with van der Waals surface area (Å²) in [6.45, 7) is 4.77. The van der Waals surface area contributed by atoms with Crippen molar-refractivity contribution in [3.8, 4) is 5.75 Å². The molecule has 0 spiro atoms. The smallest absolute Gasteiger partial charge is 0.251 e. The Morgan fingerprint density at radius 1 is 1.22 bits per heavy atom. The van der Waals surface area contributed by atoms with Crippen LogP contribution in [0.3, 0.4) is 0 Å². The average molecular weight is 384 g/mol. The quantitative estimate of drug-likeness (QED) is 0.694. The molecule has 0 aliphatic heterocycles. The lowest BCUT2D eigenvalue weighted by Crippen LogP contribution is -2.24. The van der Waals surface area contributed by atoms with Gasteiger partial charge in [-0.25, -0.2) is 0 Å². The van der Waals surface area contributed by atoms with E-state index in [9.17, 15) is 4.79 Å². The number of nitrogens with zero attached hydrogens (tertiary/aromatic N) is 2. The van der Waals surface area contributed by atoms with Crippen molar-refractivity contribution in [3.63, 3.8) is 0 Å². The van der Waals surface area contributed by atoms with Gasteiger partial charge in [0.25, 0.3) is 5.91 Å². The predicted octanol–water partition coefficient (Wildman–Crippen LogP) is 4.20. The van der Waals surface area contributed by atoms with Gasteiger partial charge in [0.1, 0.15) is 12.4 Å². The standard InChI is InChI=1S/C21H22ClN3O2/c1-14-7-8-15(2)20(9-14)27-13-16-5-4-6-17(10-16)21(26)23-12-19-18(22)11-24-25(19)3/h4-11H,12-13H2,1-3H3,(H,23,26). The van der Waals surface area contributed by atoms with E-state index in [-0.39, 0.29) is 5.91 Å². The van der Waals surface area contributed by atoms with E-state index in [2.05, 4.69) is 16.5 Å². The van der Waals surface area contributed by atoms with Gasteiger partial charge in [0, 0.05) is 12.6 Å². The lowest BCUT2D eigenvalue weighted by molar-refractivity contribution is 0.0950. The zero-order valence-electron chi connectivity index (χ0n) is 15.6. The molecule has 1 N–H and O–H groups in total. The fourth-order valence-electron chi connectivity index (χ4n) is 2.73. The minimum Gasteiger partial charge on any atom is -0.489 e. The summed E-state index contributed by atoms with van der Waals surface area (Å²) >= 11 is 6.07. The Kier molecular flexibility index (Phi) is 5.81. The number of aryl methyl sites for hydroxylation is 3. The van der Waals surface area contributed by atoms with Crippen LogP contribution in [0, 0.1) is 13.8 Å². The lowest BCUT2D eigenvalue weighted by atomic mass is 10.1. The summed E-state index contributed by atoms with van der Waals surface area (Å²) in [5.41, 5.74) is 4.51. The van der Waals surface area contributed by atoms with Crippen molar-refractivity contribution in [2.24, 2.45) is 7.05 Å². The molecular formula is C21H22ClN3O2. The molecular weight excluding hydrogens is 362 g/mol. The molecule has 0 radical (unpaired) electrons. The third-order valence-corrected chi connectivity index (χ3v) is 4.67. The Bertz CT molecular complexity index is 946. The Morgan fingerprint density at radius 2 is 2.04 bits per heavy atom. The van der Waals surface area contributed by atoms with E-state index in [0.29, 0.717) is 23.7 Å². The zero-order valence-corrected chi connectivity index (χ0v) is 16.4. The van der Waals surface area contributed by atoms with Gasteiger partial charge in [-0.2, -0.15) is 5.10 Å². The monoisotopic (exact) mass is 383 g/mol. The molecule has 0 unspecified atom stereocenters. The second kappa shape index (κ2) is 8.27. The molecule has 1 amide bonds. The van der Waals surface area contributed by atoms with Gasteiger partial charge in [-0.05, 0) is 48.7 Å². The fourth-order valence-corrected chi connectivity index (χ4v) is 2.96. The molecule has 1 aromatic heterocycles. The lowest BCUT2D eigenvalue weighted by Gasteiger charge is -2.11. The first-order valence-electron chi connectivity index (χ1n) is 8.67. The average Bonchev–Trinajstić information content (AvgIpc) is 2.98. The summed E-state index contributed by atoms with van der Waals surface area (Å²) in [6, 6.07) is 13.5. The third kappa shape index (κ3) is 4.68. The molecule has 2 aromatic carbocycles. The van der Waals surface area contributed by atoms with Gasteiger partial charge < -0.3 is 10.1 Å². The zero-order chi connectivity index (χ0) is 19.4. The second-order valence-corrected chi connectivity index (χ2v) is 6.91. The van der Waals surface area contributed by atoms with E-state index in [1.807, 2.05) is 44.2 Å². The van der Waals surface area contributed by atoms with Crippen molar-refractivity contribution in [2.45, 2.75) is 27.0 Å². The normalized spacial score (nSPS) is 10.7. The van der Waals surface area contributed by atoms with Crippen LogP contribution in [0.25, 0.3) is 0 Å². The van der Waals surface area contributed by atoms with Crippen LogP contribution in [-0.4, -0.2) is 15.7 Å². The number of nitrogens with one attached hydrogen (secondary N) is 1. The highest BCUT2D eigenvalue weighted by Crippen LogP contribution is 2.20. The van der Waals surface area contributed by atoms with Crippen LogP contribution in [0.5, 0.6) is 5.75 Å². The van der Waals surface area contributed by atoms with E-state index in [0.717, 1.165) is 28.1 Å². The van der Waals surface area contributed by atoms with Crippen molar-refractivity contribution in [3.05, 3.63) is 81.6 Å². The molecule has 3 rings (SSSR count). The van der Waals surface area contributed by atoms with Gasteiger partial charge in [-0.3, -0.25) is 9.48 Å². The molecule has 0 saturated heterocycles. The first kappa shape index (κ1) is 19.0. The van der Waals surface area contributed by atoms with Crippen LogP contribution in [0.2, 0.25) is 5.02 Å². The first-order valence-corrected chi connectivity index (χ1v) is 9.05. The Balaban J connectivity index is 1.64. The number of hydrogen-bond donors (Lipinski definition) is 1. The highest BCUT2D eigenvalue weighted by Gasteiger charge is 2.11. The Morgan fingerprint density at radius 3 is 2.78 bits per heavy atom. The van der Waals surface area contributed by atoms with Crippen molar-refractivity contribution >= 4 is 17.5 Å². The maximum Gasteiger partial charge on any atom is 0.251 e. The van der Waals surface area contributed by atoms with E-state index in [4.69, 9.17) is 16.3 Å². The number of hydrogen-bond acceptors (Lipinski definition) is 3. The number of amides is 1. The molecule has 0 atom stereocenters. The number of halogens is 1. The van der Waals surface area contributed by atoms with Crippen LogP contribution in [0.1, 0.15) is 32.7 Å². The summed E-state index contributed by atoms with van der Waals surface area (Å²) in [6.07, 6.45) is 1.56. The minimum atomic E-state index is -0.166. The first-order chi connectivity index (χ1) is 12.9. The number of rotatable bonds is 6. The van der Waals surface area contributed by atoms with E-state index < -0.39 is 0 Å². The molecule has 0 aliphatic rings. The summed E-state index contributed by atoms with van der Waals surface area (Å²) in [5.74, 6) is 0.691. The second-order valence-electron chi connectivity index (χ2n) is 6.50. The largest absolute Gasteiger partial charge is 0.489 e. The number of carbonyl (C=O) groups excluding carboxylic acids is 1. The van der Waals surface area contributed by atoms with Gasteiger partial charge in [0.05, 0.1) is 23.5 Å². The van der Waals surface area contributed by atoms with Crippen molar-refractivity contribution in [1.29, 1.82) is 0 Å². The molecule has 0 saturated carbocycles. The highest BCUT2D eigenvalue weighted by atomic mass is 35.5. The summed E-state index contributed by atoms with van der Waals surface area (Å²) in [4.78, 5) is 12.5. The van der Waals surface area contributed by atoms with Crippen molar-refractivity contribution in [2.75, 3.05) is 0 Å². The molecule has 3 aromatic rings. The van der Waals surface area contributed by atoms with E-state index in [1.54, 1.807) is 24.0 Å². The number of ether oxygens (including phenoxy) is 1. The van der Waals surface area contributed by atoms with E-state index in [1.165, 1.54) is 0 Å². The number of carbonyl (C=O) groups is 1. The fraction of sp³-hybridized carbons (Fsp3) is 0.238. The number of aromatic nitrogens is 2. The highest BCUT2D eigenvalue weighted by molar-refractivity contribution is 6.31. The van der Waals surface area contributed by atoms with Crippen LogP contribution in [0.4, 0.5) is 0 Å². The SMILES string of the molecule is Cc1ccc(C)c(OCc2cccc(C(=O)NCc3c(Cl)cnn3C)c2)c1. The molecule has 140 valence electrons. The van der Waals surface area contributed by atoms with Crippen LogP contribution in [-0.2, 0) is 20.2 Å². The molecule has 0 bridgehead atoms. The van der Waals surface area contributed by atoms with Crippen LogP contribution in [0.15, 0.2) is 48.7 Å². The minimum absolute atomic E-state index is 0.166. The third-order valence-electron chi connectivity index (χ3n) is 4.35. The van der Waals surface area contributed by atoms with Crippen molar-refractivity contribution in [1.82, 2.24) is 15.1 Å². The molecule has 0 aliphatic carbocycles. The molecule has 0 fully saturated rings. The van der Waals surface area contributed by atoms with E-state index >= 15 is 0 Å². The Hall–Kier alpha value is -2.79. The van der Waals surface area contributed by atoms with Gasteiger partial charge in [0.2, 0.25) is 0 Å². The molecule has 27 heavy (non-hydrogen) atoms. The summed E-state index contributed by atoms with van der Waals surface area (Å²) < 4.78 is 7.58. The number of benzene rings is 2. The topological polar surface area (TPSA) is 56.1 Å². The Labute approximate surface area is 163 Å². The van der Waals surface area contributed by atoms with Gasteiger partial charge >= 0.3 is 0 Å². The maximum atomic E-state index is 12.5. The predicted molar refractivity (Wildman–Crippen MR) is 106 cm³/mol. The van der Waals surface area contributed by atoms with Crippen molar-refractivity contribution < 1.29 is 9.53 Å². The van der Waals surface area contributed by atoms with Gasteiger partial charge in [0.15, 0.2) is 0 Å². The molecule has 1 heterocycles. The molecule has 5 nitrogen and oxygen atoms in total. The molecule has 6 heteroatoms. The maximum absolute atomic E-state index is 12.5. The summed E-state index contributed by atoms with van der Waals surface area (Å²) in [7, 11) is 1.79. The summed E-state index contributed by atoms with van der Waals surface area (Å²) in [5, 5.41) is 7.48.